The number of aryl methyl sites for hydroxylation is 1. The molecule has 0 saturated carbocycles. The number of anilines is 1. The number of aromatic nitrogens is 2. The second-order valence-electron chi connectivity index (χ2n) is 9.67. The highest BCUT2D eigenvalue weighted by Crippen LogP contribution is 2.32. The van der Waals surface area contributed by atoms with Gasteiger partial charge in [-0.05, 0) is 71.8 Å². The lowest BCUT2D eigenvalue weighted by Crippen LogP contribution is -2.16. The fourth-order valence-electron chi connectivity index (χ4n) is 3.97. The van der Waals surface area contributed by atoms with Crippen molar-refractivity contribution in [2.45, 2.75) is 51.5 Å². The summed E-state index contributed by atoms with van der Waals surface area (Å²) in [7, 11) is -2.13. The molecule has 4 aromatic rings. The van der Waals surface area contributed by atoms with Gasteiger partial charge in [-0.15, -0.1) is 0 Å². The number of ether oxygens (including phenoxy) is 1. The number of nitrogens with one attached hydrogen (secondary N) is 1. The predicted octanol–water partition coefficient (Wildman–Crippen LogP) is 5.81. The molecule has 178 valence electrons. The zero-order valence-corrected chi connectivity index (χ0v) is 21.3. The lowest BCUT2D eigenvalue weighted by atomic mass is 9.87. The Bertz CT molecular complexity index is 1450. The van der Waals surface area contributed by atoms with Crippen molar-refractivity contribution < 1.29 is 13.2 Å². The molecular formula is C27H31N3O3S. The third-order valence-electron chi connectivity index (χ3n) is 6.19. The molecule has 0 aliphatic heterocycles. The van der Waals surface area contributed by atoms with Crippen LogP contribution in [0.25, 0.3) is 11.0 Å². The highest BCUT2D eigenvalue weighted by molar-refractivity contribution is 7.92. The summed E-state index contributed by atoms with van der Waals surface area (Å²) in [5, 5.41) is 0. The van der Waals surface area contributed by atoms with Crippen LogP contribution in [0.2, 0.25) is 0 Å². The first-order valence-corrected chi connectivity index (χ1v) is 12.7. The number of fused-ring (bicyclic) bond motifs is 1. The SMILES string of the molecule is COc1cccc(Cn2cnc3c(NS(=O)(=O)c4ccc(C(C)(C)C)cc4)c(C)c(C)cc32)c1. The number of methoxy groups -OCH3 is 1. The first kappa shape index (κ1) is 23.8. The molecule has 34 heavy (non-hydrogen) atoms. The van der Waals surface area contributed by atoms with Crippen LogP contribution in [-0.2, 0) is 22.0 Å². The predicted molar refractivity (Wildman–Crippen MR) is 137 cm³/mol. The highest BCUT2D eigenvalue weighted by Gasteiger charge is 2.21. The molecule has 1 N–H and O–H groups in total. The Kier molecular flexibility index (Phi) is 6.16. The van der Waals surface area contributed by atoms with Crippen molar-refractivity contribution in [1.29, 1.82) is 0 Å². The van der Waals surface area contributed by atoms with Gasteiger partial charge in [-0.1, -0.05) is 45.0 Å². The maximum Gasteiger partial charge on any atom is 0.261 e. The first-order valence-electron chi connectivity index (χ1n) is 11.2. The molecule has 7 heteroatoms. The molecule has 0 fully saturated rings. The van der Waals surface area contributed by atoms with E-state index in [4.69, 9.17) is 4.74 Å². The molecule has 0 radical (unpaired) electrons. The molecule has 0 bridgehead atoms. The normalized spacial score (nSPS) is 12.2. The minimum atomic E-state index is -3.78. The molecule has 0 spiro atoms. The van der Waals surface area contributed by atoms with Gasteiger partial charge in [0.25, 0.3) is 10.0 Å². The van der Waals surface area contributed by atoms with E-state index in [9.17, 15) is 8.42 Å². The Balaban J connectivity index is 1.72. The summed E-state index contributed by atoms with van der Waals surface area (Å²) in [5.74, 6) is 0.792. The van der Waals surface area contributed by atoms with Crippen molar-refractivity contribution in [2.75, 3.05) is 11.8 Å². The van der Waals surface area contributed by atoms with Gasteiger partial charge in [0.15, 0.2) is 0 Å². The van der Waals surface area contributed by atoms with E-state index >= 15 is 0 Å². The zero-order chi connectivity index (χ0) is 24.7. The second kappa shape index (κ2) is 8.80. The summed E-state index contributed by atoms with van der Waals surface area (Å²) >= 11 is 0. The van der Waals surface area contributed by atoms with Crippen LogP contribution in [0.3, 0.4) is 0 Å². The Morgan fingerprint density at radius 1 is 1.03 bits per heavy atom. The summed E-state index contributed by atoms with van der Waals surface area (Å²) in [6.07, 6.45) is 1.75. The Labute approximate surface area is 201 Å². The van der Waals surface area contributed by atoms with E-state index in [1.807, 2.05) is 60.9 Å². The summed E-state index contributed by atoms with van der Waals surface area (Å²) in [6, 6.07) is 17.0. The molecule has 0 amide bonds. The van der Waals surface area contributed by atoms with Crippen LogP contribution in [0.1, 0.15) is 43.0 Å². The summed E-state index contributed by atoms with van der Waals surface area (Å²) in [4.78, 5) is 4.82. The largest absolute Gasteiger partial charge is 0.497 e. The molecule has 6 nitrogen and oxygen atoms in total. The number of sulfonamides is 1. The van der Waals surface area contributed by atoms with Crippen molar-refractivity contribution in [2.24, 2.45) is 0 Å². The summed E-state index contributed by atoms with van der Waals surface area (Å²) in [5.41, 5.74) is 5.95. The van der Waals surface area contributed by atoms with Crippen LogP contribution in [0.5, 0.6) is 5.75 Å². The Morgan fingerprint density at radius 2 is 1.74 bits per heavy atom. The molecular weight excluding hydrogens is 446 g/mol. The minimum Gasteiger partial charge on any atom is -0.497 e. The fourth-order valence-corrected chi connectivity index (χ4v) is 5.10. The number of hydrogen-bond acceptors (Lipinski definition) is 4. The topological polar surface area (TPSA) is 73.2 Å². The monoisotopic (exact) mass is 477 g/mol. The van der Waals surface area contributed by atoms with Crippen LogP contribution in [0.15, 0.2) is 65.8 Å². The lowest BCUT2D eigenvalue weighted by molar-refractivity contribution is 0.414. The highest BCUT2D eigenvalue weighted by atomic mass is 32.2. The number of rotatable bonds is 6. The van der Waals surface area contributed by atoms with Gasteiger partial charge in [0.05, 0.1) is 29.5 Å². The van der Waals surface area contributed by atoms with Crippen LogP contribution >= 0.6 is 0 Å². The van der Waals surface area contributed by atoms with E-state index in [1.165, 1.54) is 0 Å². The quantitative estimate of drug-likeness (QED) is 0.380. The summed E-state index contributed by atoms with van der Waals surface area (Å²) in [6.45, 7) is 10.8. The third-order valence-corrected chi connectivity index (χ3v) is 7.55. The van der Waals surface area contributed by atoms with Crippen molar-refractivity contribution in [3.8, 4) is 5.75 Å². The lowest BCUT2D eigenvalue weighted by Gasteiger charge is -2.19. The van der Waals surface area contributed by atoms with Crippen LogP contribution in [-0.4, -0.2) is 25.1 Å². The maximum absolute atomic E-state index is 13.3. The number of imidazole rings is 1. The van der Waals surface area contributed by atoms with Gasteiger partial charge >= 0.3 is 0 Å². The molecule has 1 aromatic heterocycles. The Morgan fingerprint density at radius 3 is 2.38 bits per heavy atom. The van der Waals surface area contributed by atoms with Gasteiger partial charge in [0, 0.05) is 6.54 Å². The van der Waals surface area contributed by atoms with E-state index in [0.29, 0.717) is 17.7 Å². The van der Waals surface area contributed by atoms with Crippen molar-refractivity contribution in [1.82, 2.24) is 9.55 Å². The minimum absolute atomic E-state index is 0.0510. The summed E-state index contributed by atoms with van der Waals surface area (Å²) < 4.78 is 36.7. The van der Waals surface area contributed by atoms with E-state index in [-0.39, 0.29) is 10.3 Å². The number of hydrogen-bond donors (Lipinski definition) is 1. The van der Waals surface area contributed by atoms with Gasteiger partial charge < -0.3 is 9.30 Å². The van der Waals surface area contributed by atoms with Crippen LogP contribution in [0, 0.1) is 13.8 Å². The standard InChI is InChI=1S/C27H31N3O3S/c1-18-14-24-26(28-17-30(24)16-20-8-7-9-22(15-20)33-6)25(19(18)2)29-34(31,32)23-12-10-21(11-13-23)27(3,4)5/h7-15,17,29H,16H2,1-6H3. The van der Waals surface area contributed by atoms with Crippen molar-refractivity contribution >= 4 is 26.7 Å². The molecule has 0 atom stereocenters. The van der Waals surface area contributed by atoms with E-state index < -0.39 is 10.0 Å². The van der Waals surface area contributed by atoms with Crippen LogP contribution in [0.4, 0.5) is 5.69 Å². The van der Waals surface area contributed by atoms with Crippen molar-refractivity contribution in [3.05, 3.63) is 83.2 Å². The van der Waals surface area contributed by atoms with Gasteiger partial charge in [0.1, 0.15) is 11.3 Å². The maximum atomic E-state index is 13.3. The van der Waals surface area contributed by atoms with Crippen LogP contribution < -0.4 is 9.46 Å². The fraction of sp³-hybridized carbons (Fsp3) is 0.296. The molecule has 1 heterocycles. The number of benzene rings is 3. The average Bonchev–Trinajstić information content (AvgIpc) is 3.18. The van der Waals surface area contributed by atoms with Gasteiger partial charge in [-0.2, -0.15) is 0 Å². The van der Waals surface area contributed by atoms with E-state index in [1.54, 1.807) is 25.6 Å². The second-order valence-corrected chi connectivity index (χ2v) is 11.3. The van der Waals surface area contributed by atoms with E-state index in [2.05, 4.69) is 30.5 Å². The van der Waals surface area contributed by atoms with Crippen molar-refractivity contribution in [3.63, 3.8) is 0 Å². The smallest absolute Gasteiger partial charge is 0.261 e. The first-order chi connectivity index (χ1) is 16.0. The molecule has 0 unspecified atom stereocenters. The van der Waals surface area contributed by atoms with Gasteiger partial charge in [-0.25, -0.2) is 13.4 Å². The average molecular weight is 478 g/mol. The zero-order valence-electron chi connectivity index (χ0n) is 20.5. The molecule has 3 aromatic carbocycles. The van der Waals surface area contributed by atoms with E-state index in [0.717, 1.165) is 33.5 Å². The molecule has 0 aliphatic rings. The number of nitrogens with zero attached hydrogens (tertiary/aromatic N) is 2. The molecule has 4 rings (SSSR count). The Hall–Kier alpha value is -3.32. The third kappa shape index (κ3) is 4.66. The van der Waals surface area contributed by atoms with Gasteiger partial charge in [0.2, 0.25) is 0 Å². The van der Waals surface area contributed by atoms with Gasteiger partial charge in [-0.3, -0.25) is 4.72 Å². The molecule has 0 saturated heterocycles. The molecule has 0 aliphatic carbocycles.